The van der Waals surface area contributed by atoms with Gasteiger partial charge in [0.15, 0.2) is 5.58 Å². The van der Waals surface area contributed by atoms with E-state index in [0.29, 0.717) is 36.8 Å². The third-order valence-corrected chi connectivity index (χ3v) is 4.08. The molecule has 8 nitrogen and oxygen atoms in total. The Morgan fingerprint density at radius 1 is 1.40 bits per heavy atom. The largest absolute Gasteiger partial charge is 0.423 e. The highest BCUT2D eigenvalue weighted by Crippen LogP contribution is 2.23. The van der Waals surface area contributed by atoms with Gasteiger partial charge in [-0.1, -0.05) is 0 Å². The molecular weight excluding hydrogens is 322 g/mol. The summed E-state index contributed by atoms with van der Waals surface area (Å²) in [6.45, 7) is 2.04. The molecule has 1 aromatic carbocycles. The van der Waals surface area contributed by atoms with E-state index in [0.717, 1.165) is 24.9 Å². The van der Waals surface area contributed by atoms with Gasteiger partial charge in [0.05, 0.1) is 0 Å². The maximum absolute atomic E-state index is 12.0. The summed E-state index contributed by atoms with van der Waals surface area (Å²) >= 11 is 0. The number of hydrogen-bond donors (Lipinski definition) is 2. The lowest BCUT2D eigenvalue weighted by Gasteiger charge is -2.15. The number of carbonyl (C=O) groups is 2. The molecule has 0 aliphatic carbocycles. The molecule has 0 atom stereocenters. The number of anilines is 2. The van der Waals surface area contributed by atoms with Crippen molar-refractivity contribution in [1.82, 2.24) is 15.2 Å². The van der Waals surface area contributed by atoms with Crippen LogP contribution in [0, 0.1) is 0 Å². The van der Waals surface area contributed by atoms with Crippen molar-refractivity contribution < 1.29 is 14.0 Å². The summed E-state index contributed by atoms with van der Waals surface area (Å²) < 4.78 is 5.62. The fraction of sp³-hybridized carbons (Fsp3) is 0.471. The van der Waals surface area contributed by atoms with E-state index in [-0.39, 0.29) is 11.9 Å². The lowest BCUT2D eigenvalue weighted by atomic mass is 10.3. The summed E-state index contributed by atoms with van der Waals surface area (Å²) in [5, 5.41) is 5.58. The monoisotopic (exact) mass is 345 g/mol. The number of urea groups is 1. The first-order valence-corrected chi connectivity index (χ1v) is 8.43. The van der Waals surface area contributed by atoms with Gasteiger partial charge in [0.1, 0.15) is 5.52 Å². The molecule has 1 aliphatic heterocycles. The van der Waals surface area contributed by atoms with Crippen LogP contribution >= 0.6 is 0 Å². The van der Waals surface area contributed by atoms with Crippen molar-refractivity contribution in [2.45, 2.75) is 19.3 Å². The Hall–Kier alpha value is -2.77. The number of hydrogen-bond acceptors (Lipinski definition) is 5. The number of rotatable bonds is 6. The van der Waals surface area contributed by atoms with E-state index in [1.165, 1.54) is 0 Å². The summed E-state index contributed by atoms with van der Waals surface area (Å²) in [5.41, 5.74) is 2.00. The van der Waals surface area contributed by atoms with Crippen molar-refractivity contribution in [3.05, 3.63) is 18.2 Å². The van der Waals surface area contributed by atoms with E-state index < -0.39 is 0 Å². The van der Waals surface area contributed by atoms with E-state index in [4.69, 9.17) is 4.42 Å². The molecule has 1 fully saturated rings. The van der Waals surface area contributed by atoms with E-state index >= 15 is 0 Å². The van der Waals surface area contributed by atoms with Gasteiger partial charge in [-0.15, -0.1) is 0 Å². The van der Waals surface area contributed by atoms with Crippen LogP contribution in [0.15, 0.2) is 22.6 Å². The Labute approximate surface area is 146 Å². The number of nitrogens with one attached hydrogen (secondary N) is 2. The smallest absolute Gasteiger partial charge is 0.319 e. The topological polar surface area (TPSA) is 90.7 Å². The van der Waals surface area contributed by atoms with Crippen LogP contribution < -0.4 is 15.5 Å². The van der Waals surface area contributed by atoms with Gasteiger partial charge in [0, 0.05) is 51.9 Å². The van der Waals surface area contributed by atoms with Crippen LogP contribution in [-0.4, -0.2) is 55.6 Å². The summed E-state index contributed by atoms with van der Waals surface area (Å²) in [4.78, 5) is 31.4. The van der Waals surface area contributed by atoms with Crippen molar-refractivity contribution in [1.29, 1.82) is 0 Å². The summed E-state index contributed by atoms with van der Waals surface area (Å²) in [5.74, 6) is 0.210. The quantitative estimate of drug-likeness (QED) is 0.782. The van der Waals surface area contributed by atoms with Crippen LogP contribution in [0.25, 0.3) is 11.1 Å². The highest BCUT2D eigenvalue weighted by molar-refractivity contribution is 5.91. The molecule has 2 aromatic rings. The Balaban J connectivity index is 1.47. The molecule has 2 heterocycles. The van der Waals surface area contributed by atoms with E-state index in [2.05, 4.69) is 15.6 Å². The summed E-state index contributed by atoms with van der Waals surface area (Å²) in [7, 11) is 3.71. The molecule has 0 bridgehead atoms. The number of benzene rings is 1. The van der Waals surface area contributed by atoms with E-state index in [9.17, 15) is 9.59 Å². The van der Waals surface area contributed by atoms with Crippen LogP contribution in [0.2, 0.25) is 0 Å². The second-order valence-corrected chi connectivity index (χ2v) is 6.29. The number of aromatic nitrogens is 1. The number of oxazole rings is 1. The summed E-state index contributed by atoms with van der Waals surface area (Å²) in [6.07, 6.45) is 2.33. The van der Waals surface area contributed by atoms with Crippen molar-refractivity contribution >= 4 is 34.7 Å². The highest BCUT2D eigenvalue weighted by Gasteiger charge is 2.19. The number of nitrogens with zero attached hydrogens (tertiary/aromatic N) is 3. The molecule has 1 aliphatic rings. The standard InChI is InChI=1S/C17H23N5O3/c1-21(2)17-20-13-7-6-12(11-14(13)25-17)19-16(24)18-8-4-10-22-9-3-5-15(22)23/h6-7,11H,3-5,8-10H2,1-2H3,(H2,18,19,24). The molecule has 0 spiro atoms. The van der Waals surface area contributed by atoms with E-state index in [1.807, 2.05) is 19.0 Å². The molecule has 2 N–H and O–H groups in total. The van der Waals surface area contributed by atoms with Gasteiger partial charge in [-0.3, -0.25) is 4.79 Å². The normalized spacial score (nSPS) is 14.2. The Bertz CT molecular complexity index is 771. The second kappa shape index (κ2) is 7.42. The van der Waals surface area contributed by atoms with Gasteiger partial charge in [-0.2, -0.15) is 4.98 Å². The molecule has 0 radical (unpaired) electrons. The fourth-order valence-corrected chi connectivity index (χ4v) is 2.77. The molecule has 0 saturated carbocycles. The van der Waals surface area contributed by atoms with E-state index in [1.54, 1.807) is 23.1 Å². The van der Waals surface area contributed by atoms with Crippen molar-refractivity contribution in [2.75, 3.05) is 43.9 Å². The van der Waals surface area contributed by atoms with Gasteiger partial charge < -0.3 is 24.9 Å². The molecule has 134 valence electrons. The molecule has 0 unspecified atom stereocenters. The number of likely N-dealkylation sites (tertiary alicyclic amines) is 1. The second-order valence-electron chi connectivity index (χ2n) is 6.29. The molecule has 1 saturated heterocycles. The number of amides is 3. The van der Waals surface area contributed by atoms with Crippen LogP contribution in [-0.2, 0) is 4.79 Å². The molecule has 3 rings (SSSR count). The Morgan fingerprint density at radius 3 is 2.96 bits per heavy atom. The van der Waals surface area contributed by atoms with Gasteiger partial charge in [-0.05, 0) is 25.0 Å². The average Bonchev–Trinajstić information content (AvgIpc) is 3.17. The van der Waals surface area contributed by atoms with Crippen molar-refractivity contribution in [2.24, 2.45) is 0 Å². The molecular formula is C17H23N5O3. The van der Waals surface area contributed by atoms with Crippen molar-refractivity contribution in [3.8, 4) is 0 Å². The van der Waals surface area contributed by atoms with Gasteiger partial charge in [0.25, 0.3) is 6.01 Å². The minimum Gasteiger partial charge on any atom is -0.423 e. The first-order valence-electron chi connectivity index (χ1n) is 8.43. The van der Waals surface area contributed by atoms with Crippen LogP contribution in [0.4, 0.5) is 16.5 Å². The zero-order valence-electron chi connectivity index (χ0n) is 14.5. The number of carbonyl (C=O) groups excluding carboxylic acids is 2. The van der Waals surface area contributed by atoms with Crippen LogP contribution in [0.3, 0.4) is 0 Å². The SMILES string of the molecule is CN(C)c1nc2ccc(NC(=O)NCCCN3CCCC3=O)cc2o1. The maximum atomic E-state index is 12.0. The first-order chi connectivity index (χ1) is 12.0. The lowest BCUT2D eigenvalue weighted by Crippen LogP contribution is -2.32. The minimum absolute atomic E-state index is 0.210. The third kappa shape index (κ3) is 4.20. The van der Waals surface area contributed by atoms with Gasteiger partial charge in [-0.25, -0.2) is 4.79 Å². The van der Waals surface area contributed by atoms with Gasteiger partial charge >= 0.3 is 6.03 Å². The predicted molar refractivity (Wildman–Crippen MR) is 95.8 cm³/mol. The maximum Gasteiger partial charge on any atom is 0.319 e. The minimum atomic E-state index is -0.278. The molecule has 3 amide bonds. The van der Waals surface area contributed by atoms with Crippen molar-refractivity contribution in [3.63, 3.8) is 0 Å². The first kappa shape index (κ1) is 17.1. The summed E-state index contributed by atoms with van der Waals surface area (Å²) in [6, 6.07) is 5.58. The number of fused-ring (bicyclic) bond motifs is 1. The van der Waals surface area contributed by atoms with Crippen LogP contribution in [0.5, 0.6) is 0 Å². The molecule has 25 heavy (non-hydrogen) atoms. The van der Waals surface area contributed by atoms with Crippen LogP contribution in [0.1, 0.15) is 19.3 Å². The zero-order chi connectivity index (χ0) is 17.8. The highest BCUT2D eigenvalue weighted by atomic mass is 16.4. The fourth-order valence-electron chi connectivity index (χ4n) is 2.77. The molecule has 1 aromatic heterocycles. The zero-order valence-corrected chi connectivity index (χ0v) is 14.5. The van der Waals surface area contributed by atoms with Gasteiger partial charge in [0.2, 0.25) is 5.91 Å². The third-order valence-electron chi connectivity index (χ3n) is 4.08. The lowest BCUT2D eigenvalue weighted by molar-refractivity contribution is -0.127. The Kier molecular flexibility index (Phi) is 5.06. The Morgan fingerprint density at radius 2 is 2.24 bits per heavy atom. The average molecular weight is 345 g/mol. The predicted octanol–water partition coefficient (Wildman–Crippen LogP) is 2.03. The molecule has 8 heteroatoms.